The van der Waals surface area contributed by atoms with Crippen molar-refractivity contribution in [3.63, 3.8) is 0 Å². The monoisotopic (exact) mass is 265 g/mol. The summed E-state index contributed by atoms with van der Waals surface area (Å²) >= 11 is 0. The first-order valence-electron chi connectivity index (χ1n) is 6.41. The Hall–Kier alpha value is -2.60. The van der Waals surface area contributed by atoms with Crippen LogP contribution in [0.4, 0.5) is 0 Å². The Balaban J connectivity index is 2.35. The average Bonchev–Trinajstić information content (AvgIpc) is 2.53. The number of ketones is 1. The number of rotatable bonds is 4. The summed E-state index contributed by atoms with van der Waals surface area (Å²) in [7, 11) is 1.62. The topological polar surface area (TPSA) is 50.1 Å². The molecule has 0 heterocycles. The molecule has 0 spiro atoms. The van der Waals surface area contributed by atoms with Crippen molar-refractivity contribution in [2.45, 2.75) is 13.3 Å². The van der Waals surface area contributed by atoms with E-state index in [4.69, 9.17) is 10.00 Å². The van der Waals surface area contributed by atoms with Gasteiger partial charge in [-0.05, 0) is 54.4 Å². The zero-order valence-corrected chi connectivity index (χ0v) is 11.5. The second-order valence-electron chi connectivity index (χ2n) is 4.40. The number of nitrogens with zero attached hydrogens (tertiary/aromatic N) is 1. The molecule has 3 heteroatoms. The van der Waals surface area contributed by atoms with Gasteiger partial charge in [0.05, 0.1) is 18.7 Å². The third kappa shape index (κ3) is 2.70. The Bertz CT molecular complexity index is 666. The fraction of sp³-hybridized carbons (Fsp3) is 0.176. The van der Waals surface area contributed by atoms with Crippen LogP contribution in [0.2, 0.25) is 0 Å². The van der Waals surface area contributed by atoms with Crippen LogP contribution in [0.1, 0.15) is 34.0 Å². The van der Waals surface area contributed by atoms with Crippen molar-refractivity contribution in [1.82, 2.24) is 0 Å². The molecule has 0 aromatic heterocycles. The Kier molecular flexibility index (Phi) is 4.17. The van der Waals surface area contributed by atoms with Crippen LogP contribution < -0.4 is 4.74 Å². The van der Waals surface area contributed by atoms with E-state index < -0.39 is 0 Å². The highest BCUT2D eigenvalue weighted by atomic mass is 16.5. The van der Waals surface area contributed by atoms with Crippen LogP contribution >= 0.6 is 0 Å². The molecule has 0 saturated heterocycles. The molecule has 0 fully saturated rings. The third-order valence-electron chi connectivity index (χ3n) is 3.20. The first kappa shape index (κ1) is 13.8. The molecule has 2 aromatic rings. The number of methoxy groups -OCH3 is 1. The minimum absolute atomic E-state index is 0.0492. The zero-order chi connectivity index (χ0) is 14.5. The number of nitriles is 1. The number of carbonyl (C=O) groups is 1. The lowest BCUT2D eigenvalue weighted by Gasteiger charge is -2.09. The van der Waals surface area contributed by atoms with E-state index in [-0.39, 0.29) is 5.78 Å². The van der Waals surface area contributed by atoms with E-state index in [0.717, 1.165) is 17.7 Å². The van der Waals surface area contributed by atoms with Crippen molar-refractivity contribution >= 4 is 5.78 Å². The largest absolute Gasteiger partial charge is 0.496 e. The number of carbonyl (C=O) groups excluding carboxylic acids is 1. The molecule has 0 aliphatic rings. The number of benzene rings is 2. The summed E-state index contributed by atoms with van der Waals surface area (Å²) in [6, 6.07) is 14.1. The summed E-state index contributed by atoms with van der Waals surface area (Å²) in [6.45, 7) is 2.02. The maximum Gasteiger partial charge on any atom is 0.193 e. The van der Waals surface area contributed by atoms with Gasteiger partial charge < -0.3 is 4.74 Å². The average molecular weight is 265 g/mol. The molecule has 100 valence electrons. The van der Waals surface area contributed by atoms with Gasteiger partial charge in [-0.25, -0.2) is 0 Å². The van der Waals surface area contributed by atoms with E-state index in [1.807, 2.05) is 25.1 Å². The lowest BCUT2D eigenvalue weighted by atomic mass is 9.99. The van der Waals surface area contributed by atoms with E-state index in [2.05, 4.69) is 0 Å². The van der Waals surface area contributed by atoms with Gasteiger partial charge in [-0.3, -0.25) is 4.79 Å². The molecule has 0 amide bonds. The number of ether oxygens (including phenoxy) is 1. The summed E-state index contributed by atoms with van der Waals surface area (Å²) in [5.41, 5.74) is 2.76. The smallest absolute Gasteiger partial charge is 0.193 e. The van der Waals surface area contributed by atoms with Crippen molar-refractivity contribution < 1.29 is 9.53 Å². The molecule has 0 saturated carbocycles. The molecule has 0 radical (unpaired) electrons. The molecule has 0 N–H and O–H groups in total. The maximum atomic E-state index is 12.4. The minimum atomic E-state index is -0.0492. The molecule has 2 rings (SSSR count). The van der Waals surface area contributed by atoms with Crippen LogP contribution in [0.5, 0.6) is 5.75 Å². The van der Waals surface area contributed by atoms with E-state index in [0.29, 0.717) is 16.7 Å². The summed E-state index contributed by atoms with van der Waals surface area (Å²) in [5, 5.41) is 8.76. The van der Waals surface area contributed by atoms with Crippen LogP contribution in [0.3, 0.4) is 0 Å². The van der Waals surface area contributed by atoms with Gasteiger partial charge in [-0.15, -0.1) is 0 Å². The fourth-order valence-electron chi connectivity index (χ4n) is 2.06. The van der Waals surface area contributed by atoms with E-state index in [1.165, 1.54) is 0 Å². The summed E-state index contributed by atoms with van der Waals surface area (Å²) in [5.74, 6) is 0.746. The van der Waals surface area contributed by atoms with Gasteiger partial charge in [-0.1, -0.05) is 6.92 Å². The molecule has 3 nitrogen and oxygen atoms in total. The fourth-order valence-corrected chi connectivity index (χ4v) is 2.06. The molecule has 20 heavy (non-hydrogen) atoms. The Labute approximate surface area is 118 Å². The van der Waals surface area contributed by atoms with Crippen LogP contribution in [0, 0.1) is 11.3 Å². The lowest BCUT2D eigenvalue weighted by Crippen LogP contribution is -2.03. The van der Waals surface area contributed by atoms with Crippen LogP contribution in [0.15, 0.2) is 42.5 Å². The molecule has 0 bridgehead atoms. The zero-order valence-electron chi connectivity index (χ0n) is 11.5. The van der Waals surface area contributed by atoms with Gasteiger partial charge in [0.15, 0.2) is 5.78 Å². The van der Waals surface area contributed by atoms with Gasteiger partial charge in [-0.2, -0.15) is 5.26 Å². The summed E-state index contributed by atoms with van der Waals surface area (Å²) in [4.78, 5) is 12.4. The highest BCUT2D eigenvalue weighted by Gasteiger charge is 2.11. The van der Waals surface area contributed by atoms with Crippen molar-refractivity contribution in [1.29, 1.82) is 5.26 Å². The van der Waals surface area contributed by atoms with E-state index in [9.17, 15) is 4.79 Å². The van der Waals surface area contributed by atoms with Crippen molar-refractivity contribution in [3.8, 4) is 11.8 Å². The van der Waals surface area contributed by atoms with Crippen molar-refractivity contribution in [3.05, 3.63) is 64.7 Å². The maximum absolute atomic E-state index is 12.4. The summed E-state index contributed by atoms with van der Waals surface area (Å²) < 4.78 is 5.26. The quantitative estimate of drug-likeness (QED) is 0.796. The Morgan fingerprint density at radius 2 is 1.80 bits per heavy atom. The van der Waals surface area contributed by atoms with Crippen molar-refractivity contribution in [2.24, 2.45) is 0 Å². The lowest BCUT2D eigenvalue weighted by molar-refractivity contribution is 0.103. The number of hydrogen-bond donors (Lipinski definition) is 0. The van der Waals surface area contributed by atoms with Crippen LogP contribution in [0.25, 0.3) is 0 Å². The van der Waals surface area contributed by atoms with Gasteiger partial charge in [0.2, 0.25) is 0 Å². The highest BCUT2D eigenvalue weighted by Crippen LogP contribution is 2.22. The predicted molar refractivity (Wildman–Crippen MR) is 77.0 cm³/mol. The molecule has 0 unspecified atom stereocenters. The first-order chi connectivity index (χ1) is 9.69. The van der Waals surface area contributed by atoms with Gasteiger partial charge in [0.25, 0.3) is 0 Å². The SMILES string of the molecule is CCc1cc(C(=O)c2ccc(C#N)cc2)ccc1OC. The Morgan fingerprint density at radius 1 is 1.15 bits per heavy atom. The van der Waals surface area contributed by atoms with E-state index in [1.54, 1.807) is 37.4 Å². The summed E-state index contributed by atoms with van der Waals surface area (Å²) in [6.07, 6.45) is 0.803. The second-order valence-corrected chi connectivity index (χ2v) is 4.40. The van der Waals surface area contributed by atoms with Crippen LogP contribution in [-0.2, 0) is 6.42 Å². The molecule has 0 atom stereocenters. The second kappa shape index (κ2) is 6.03. The predicted octanol–water partition coefficient (Wildman–Crippen LogP) is 3.36. The van der Waals surface area contributed by atoms with Gasteiger partial charge in [0, 0.05) is 11.1 Å². The number of hydrogen-bond acceptors (Lipinski definition) is 3. The minimum Gasteiger partial charge on any atom is -0.496 e. The van der Waals surface area contributed by atoms with Gasteiger partial charge in [0.1, 0.15) is 5.75 Å². The molecule has 2 aromatic carbocycles. The molecule has 0 aliphatic carbocycles. The number of aryl methyl sites for hydroxylation is 1. The standard InChI is InChI=1S/C17H15NO2/c1-3-13-10-15(8-9-16(13)20-2)17(19)14-6-4-12(11-18)5-7-14/h4-10H,3H2,1-2H3. The normalized spacial score (nSPS) is 9.85. The van der Waals surface area contributed by atoms with Gasteiger partial charge >= 0.3 is 0 Å². The highest BCUT2D eigenvalue weighted by molar-refractivity contribution is 6.09. The first-order valence-corrected chi connectivity index (χ1v) is 6.41. The molecular weight excluding hydrogens is 250 g/mol. The third-order valence-corrected chi connectivity index (χ3v) is 3.20. The molecular formula is C17H15NO2. The van der Waals surface area contributed by atoms with Crippen LogP contribution in [-0.4, -0.2) is 12.9 Å². The molecule has 0 aliphatic heterocycles. The Morgan fingerprint density at radius 3 is 2.35 bits per heavy atom. The van der Waals surface area contributed by atoms with Crippen molar-refractivity contribution in [2.75, 3.05) is 7.11 Å². The van der Waals surface area contributed by atoms with E-state index >= 15 is 0 Å².